The molecule has 0 spiro atoms. The molecule has 0 radical (unpaired) electrons. The molecule has 0 aliphatic carbocycles. The Morgan fingerprint density at radius 1 is 0.933 bits per heavy atom. The van der Waals surface area contributed by atoms with Gasteiger partial charge in [0.1, 0.15) is 0 Å². The lowest BCUT2D eigenvalue weighted by Crippen LogP contribution is -2.38. The van der Waals surface area contributed by atoms with Gasteiger partial charge in [0.15, 0.2) is 0 Å². The van der Waals surface area contributed by atoms with Crippen LogP contribution in [0.2, 0.25) is 0 Å². The SMILES string of the molecule is CCc1ccc(-c2cn3c4ccccc4nc3n2CCN2CCOCC2)cc1.Cl.Cl. The molecule has 2 aromatic heterocycles. The molecule has 2 aromatic carbocycles. The molecule has 1 fully saturated rings. The number of morpholine rings is 1. The van der Waals surface area contributed by atoms with Crippen molar-refractivity contribution in [3.8, 4) is 11.3 Å². The summed E-state index contributed by atoms with van der Waals surface area (Å²) in [4.78, 5) is 7.42. The Bertz CT molecular complexity index is 1100. The smallest absolute Gasteiger partial charge is 0.215 e. The minimum atomic E-state index is 0. The second kappa shape index (κ2) is 9.84. The Labute approximate surface area is 189 Å². The molecule has 0 atom stereocenters. The average Bonchev–Trinajstić information content (AvgIpc) is 3.29. The van der Waals surface area contributed by atoms with E-state index in [-0.39, 0.29) is 24.8 Å². The van der Waals surface area contributed by atoms with Crippen LogP contribution in [0.1, 0.15) is 12.5 Å². The Balaban J connectivity index is 0.00000128. The van der Waals surface area contributed by atoms with E-state index in [1.807, 2.05) is 0 Å². The number of rotatable bonds is 5. The molecule has 1 aliphatic heterocycles. The van der Waals surface area contributed by atoms with Crippen molar-refractivity contribution in [1.29, 1.82) is 0 Å². The first-order valence-corrected chi connectivity index (χ1v) is 10.2. The van der Waals surface area contributed by atoms with Gasteiger partial charge in [-0.05, 0) is 29.7 Å². The van der Waals surface area contributed by atoms with E-state index in [2.05, 4.69) is 75.5 Å². The number of aromatic nitrogens is 3. The number of nitrogens with zero attached hydrogens (tertiary/aromatic N) is 4. The molecule has 5 nitrogen and oxygen atoms in total. The van der Waals surface area contributed by atoms with Gasteiger partial charge in [0, 0.05) is 32.4 Å². The third-order valence-electron chi connectivity index (χ3n) is 5.76. The zero-order valence-electron chi connectivity index (χ0n) is 17.2. The Kier molecular flexibility index (Phi) is 7.42. The van der Waals surface area contributed by atoms with Gasteiger partial charge in [-0.3, -0.25) is 9.30 Å². The largest absolute Gasteiger partial charge is 0.379 e. The molecule has 4 aromatic rings. The molecule has 0 amide bonds. The lowest BCUT2D eigenvalue weighted by atomic mass is 10.1. The summed E-state index contributed by atoms with van der Waals surface area (Å²) < 4.78 is 10.1. The predicted molar refractivity (Wildman–Crippen MR) is 127 cm³/mol. The van der Waals surface area contributed by atoms with E-state index in [1.54, 1.807) is 0 Å². The number of ether oxygens (including phenoxy) is 1. The summed E-state index contributed by atoms with van der Waals surface area (Å²) in [5.74, 6) is 1.02. The Morgan fingerprint density at radius 3 is 2.40 bits per heavy atom. The van der Waals surface area contributed by atoms with Crippen LogP contribution in [0.3, 0.4) is 0 Å². The molecular formula is C23H28Cl2N4O. The van der Waals surface area contributed by atoms with Crippen LogP contribution < -0.4 is 0 Å². The van der Waals surface area contributed by atoms with Crippen LogP contribution in [0.4, 0.5) is 0 Å². The van der Waals surface area contributed by atoms with Crippen molar-refractivity contribution < 1.29 is 4.74 Å². The summed E-state index contributed by atoms with van der Waals surface area (Å²) in [6.07, 6.45) is 3.30. The maximum absolute atomic E-state index is 5.50. The van der Waals surface area contributed by atoms with Crippen LogP contribution in [-0.2, 0) is 17.7 Å². The third-order valence-corrected chi connectivity index (χ3v) is 5.76. The number of para-hydroxylation sites is 2. The fourth-order valence-electron chi connectivity index (χ4n) is 4.08. The number of hydrogen-bond donors (Lipinski definition) is 0. The van der Waals surface area contributed by atoms with Crippen molar-refractivity contribution in [2.45, 2.75) is 19.9 Å². The van der Waals surface area contributed by atoms with E-state index < -0.39 is 0 Å². The van der Waals surface area contributed by atoms with Crippen LogP contribution in [0.25, 0.3) is 28.1 Å². The van der Waals surface area contributed by atoms with Crippen molar-refractivity contribution in [3.63, 3.8) is 0 Å². The second-order valence-electron chi connectivity index (χ2n) is 7.44. The number of hydrogen-bond acceptors (Lipinski definition) is 3. The number of imidazole rings is 2. The first-order valence-electron chi connectivity index (χ1n) is 10.2. The van der Waals surface area contributed by atoms with Crippen molar-refractivity contribution in [3.05, 3.63) is 60.3 Å². The predicted octanol–water partition coefficient (Wildman–Crippen LogP) is 4.69. The van der Waals surface area contributed by atoms with Crippen LogP contribution in [-0.4, -0.2) is 51.7 Å². The minimum Gasteiger partial charge on any atom is -0.379 e. The normalized spacial score (nSPS) is 14.6. The van der Waals surface area contributed by atoms with Gasteiger partial charge < -0.3 is 9.30 Å². The summed E-state index contributed by atoms with van der Waals surface area (Å²) in [5.41, 5.74) is 6.04. The molecule has 30 heavy (non-hydrogen) atoms. The van der Waals surface area contributed by atoms with Gasteiger partial charge in [0.05, 0.1) is 29.9 Å². The van der Waals surface area contributed by atoms with Crippen LogP contribution in [0.5, 0.6) is 0 Å². The highest BCUT2D eigenvalue weighted by molar-refractivity contribution is 5.85. The fraction of sp³-hybridized carbons (Fsp3) is 0.348. The first-order chi connectivity index (χ1) is 13.8. The molecule has 1 aliphatic rings. The highest BCUT2D eigenvalue weighted by Gasteiger charge is 2.17. The summed E-state index contributed by atoms with van der Waals surface area (Å²) in [7, 11) is 0. The van der Waals surface area contributed by atoms with Crippen molar-refractivity contribution in [1.82, 2.24) is 18.9 Å². The summed E-state index contributed by atoms with van der Waals surface area (Å²) >= 11 is 0. The monoisotopic (exact) mass is 446 g/mol. The van der Waals surface area contributed by atoms with Gasteiger partial charge >= 0.3 is 0 Å². The molecule has 0 N–H and O–H groups in total. The van der Waals surface area contributed by atoms with Gasteiger partial charge in [0.25, 0.3) is 0 Å². The maximum Gasteiger partial charge on any atom is 0.215 e. The fourth-order valence-corrected chi connectivity index (χ4v) is 4.08. The van der Waals surface area contributed by atoms with Gasteiger partial charge in [-0.15, -0.1) is 24.8 Å². The van der Waals surface area contributed by atoms with E-state index in [1.165, 1.54) is 16.8 Å². The van der Waals surface area contributed by atoms with Crippen molar-refractivity contribution in [2.75, 3.05) is 32.8 Å². The average molecular weight is 447 g/mol. The lowest BCUT2D eigenvalue weighted by molar-refractivity contribution is 0.0365. The van der Waals surface area contributed by atoms with Crippen molar-refractivity contribution in [2.24, 2.45) is 0 Å². The van der Waals surface area contributed by atoms with E-state index >= 15 is 0 Å². The van der Waals surface area contributed by atoms with Crippen LogP contribution in [0, 0.1) is 0 Å². The number of benzene rings is 2. The van der Waals surface area contributed by atoms with Crippen molar-refractivity contribution >= 4 is 41.6 Å². The second-order valence-corrected chi connectivity index (χ2v) is 7.44. The number of halogens is 2. The zero-order valence-corrected chi connectivity index (χ0v) is 18.8. The zero-order chi connectivity index (χ0) is 18.9. The third kappa shape index (κ3) is 4.21. The topological polar surface area (TPSA) is 34.7 Å². The summed E-state index contributed by atoms with van der Waals surface area (Å²) in [5, 5.41) is 0. The van der Waals surface area contributed by atoms with E-state index in [0.29, 0.717) is 0 Å². The summed E-state index contributed by atoms with van der Waals surface area (Å²) in [6, 6.07) is 17.3. The van der Waals surface area contributed by atoms with Gasteiger partial charge in [-0.25, -0.2) is 4.98 Å². The van der Waals surface area contributed by atoms with E-state index in [0.717, 1.165) is 62.6 Å². The standard InChI is InChI=1S/C23H26N4O.2ClH/c1-2-18-7-9-19(10-8-18)22-17-27-21-6-4-3-5-20(21)24-23(27)26(22)12-11-25-13-15-28-16-14-25;;/h3-10,17H,2,11-16H2,1H3;2*1H. The van der Waals surface area contributed by atoms with E-state index in [9.17, 15) is 0 Å². The lowest BCUT2D eigenvalue weighted by Gasteiger charge is -2.26. The molecule has 1 saturated heterocycles. The summed E-state index contributed by atoms with van der Waals surface area (Å²) in [6.45, 7) is 7.81. The highest BCUT2D eigenvalue weighted by atomic mass is 35.5. The number of aryl methyl sites for hydroxylation is 1. The van der Waals surface area contributed by atoms with E-state index in [4.69, 9.17) is 9.72 Å². The molecule has 3 heterocycles. The molecule has 5 rings (SSSR count). The molecule has 7 heteroatoms. The molecule has 0 unspecified atom stereocenters. The number of fused-ring (bicyclic) bond motifs is 3. The van der Waals surface area contributed by atoms with Crippen LogP contribution in [0.15, 0.2) is 54.7 Å². The van der Waals surface area contributed by atoms with Crippen LogP contribution >= 0.6 is 24.8 Å². The first kappa shape index (κ1) is 22.6. The quantitative estimate of drug-likeness (QED) is 0.445. The highest BCUT2D eigenvalue weighted by Crippen LogP contribution is 2.27. The Morgan fingerprint density at radius 2 is 1.67 bits per heavy atom. The van der Waals surface area contributed by atoms with Gasteiger partial charge in [-0.1, -0.05) is 43.3 Å². The van der Waals surface area contributed by atoms with Gasteiger partial charge in [-0.2, -0.15) is 0 Å². The maximum atomic E-state index is 5.50. The Hall–Kier alpha value is -2.05. The van der Waals surface area contributed by atoms with Gasteiger partial charge in [0.2, 0.25) is 5.78 Å². The molecular weight excluding hydrogens is 419 g/mol. The minimum absolute atomic E-state index is 0. The molecule has 0 bridgehead atoms. The molecule has 0 saturated carbocycles. The molecule has 160 valence electrons.